The number of allylic oxidation sites excluding steroid dienone is 4. The molecule has 7 aromatic carbocycles. The van der Waals surface area contributed by atoms with Crippen molar-refractivity contribution < 1.29 is 0 Å². The lowest BCUT2D eigenvalue weighted by Gasteiger charge is -2.35. The fraction of sp³-hybridized carbons (Fsp3) is 0.179. The second-order valence-corrected chi connectivity index (χ2v) is 18.0. The summed E-state index contributed by atoms with van der Waals surface area (Å²) >= 11 is 0. The van der Waals surface area contributed by atoms with Gasteiger partial charge in [-0.15, -0.1) is 0 Å². The van der Waals surface area contributed by atoms with Crippen LogP contribution >= 0.6 is 0 Å². The van der Waals surface area contributed by atoms with Gasteiger partial charge in [0.05, 0.1) is 11.1 Å². The van der Waals surface area contributed by atoms with E-state index >= 15 is 0 Å². The lowest BCUT2D eigenvalue weighted by atomic mass is 9.68. The summed E-state index contributed by atoms with van der Waals surface area (Å²) < 4.78 is 0. The maximum Gasteiger partial charge on any atom is 0.0689 e. The topological polar surface area (TPSA) is 3.24 Å². The number of hydrogen-bond acceptors (Lipinski definition) is 1. The van der Waals surface area contributed by atoms with E-state index in [1.165, 1.54) is 101 Å². The van der Waals surface area contributed by atoms with Crippen LogP contribution in [0.1, 0.15) is 86.4 Å². The molecule has 0 aromatic heterocycles. The van der Waals surface area contributed by atoms with Crippen LogP contribution < -0.4 is 4.90 Å². The summed E-state index contributed by atoms with van der Waals surface area (Å²) in [5.41, 5.74) is 23.5. The molecule has 57 heavy (non-hydrogen) atoms. The van der Waals surface area contributed by atoms with E-state index in [-0.39, 0.29) is 16.2 Å². The first-order valence-corrected chi connectivity index (χ1v) is 20.7. The Labute approximate surface area is 337 Å². The Bertz CT molecular complexity index is 2860. The van der Waals surface area contributed by atoms with Gasteiger partial charge in [0.15, 0.2) is 0 Å². The van der Waals surface area contributed by atoms with Crippen molar-refractivity contribution in [1.29, 1.82) is 0 Å². The summed E-state index contributed by atoms with van der Waals surface area (Å²) in [6, 6.07) is 60.1. The summed E-state index contributed by atoms with van der Waals surface area (Å²) in [6.07, 6.45) is 6.88. The fourth-order valence-corrected chi connectivity index (χ4v) is 10.8. The van der Waals surface area contributed by atoms with Crippen LogP contribution in [0.4, 0.5) is 17.1 Å². The van der Waals surface area contributed by atoms with Gasteiger partial charge in [-0.1, -0.05) is 174 Å². The van der Waals surface area contributed by atoms with Crippen LogP contribution in [0.3, 0.4) is 0 Å². The highest BCUT2D eigenvalue weighted by molar-refractivity contribution is 5.99. The lowest BCUT2D eigenvalue weighted by molar-refractivity contribution is 0.590. The molecule has 1 unspecified atom stereocenters. The summed E-state index contributed by atoms with van der Waals surface area (Å²) in [6.45, 7) is 11.8. The second kappa shape index (κ2) is 12.2. The molecule has 1 spiro atoms. The number of hydrogen-bond donors (Lipinski definition) is 0. The number of nitrogens with zero attached hydrogens (tertiary/aromatic N) is 1. The van der Waals surface area contributed by atoms with Crippen LogP contribution in [0.2, 0.25) is 0 Å². The molecule has 0 aliphatic heterocycles. The SMILES string of the molecule is CC(C)(C)c1ccc(-c2ccccc2)c(N(c2ccc3c(c2)C(C)(C)c2ccccc2-3)c2ccc3c(c2)C2(C4=C(C=CCC4)c4ccccc42)c2ccccc2-3)c1. The predicted octanol–water partition coefficient (Wildman–Crippen LogP) is 14.9. The Balaban J connectivity index is 1.21. The summed E-state index contributed by atoms with van der Waals surface area (Å²) in [7, 11) is 0. The van der Waals surface area contributed by atoms with E-state index in [1.807, 2.05) is 0 Å². The minimum atomic E-state index is -0.346. The standard InChI is InChI=1S/C56H47N/c1-54(2,3)37-27-30-40(36-17-7-6-8-18-36)53(33-37)57(38-28-31-45-41-19-9-13-23-47(41)55(4,5)51(45)34-38)39-29-32-46-44-22-12-16-26-50(44)56(52(46)35-39)48-24-14-10-20-42(48)43-21-11-15-25-49(43)56/h6-14,16-24,26-35H,15,25H2,1-5H3. The third-order valence-corrected chi connectivity index (χ3v) is 13.5. The molecule has 0 fully saturated rings. The van der Waals surface area contributed by atoms with E-state index in [0.717, 1.165) is 12.8 Å². The van der Waals surface area contributed by atoms with Gasteiger partial charge in [0.1, 0.15) is 0 Å². The zero-order chi connectivity index (χ0) is 38.7. The highest BCUT2D eigenvalue weighted by atomic mass is 15.1. The molecule has 0 bridgehead atoms. The zero-order valence-corrected chi connectivity index (χ0v) is 33.5. The molecule has 276 valence electrons. The van der Waals surface area contributed by atoms with Crippen molar-refractivity contribution in [3.8, 4) is 33.4 Å². The van der Waals surface area contributed by atoms with Gasteiger partial charge in [-0.3, -0.25) is 0 Å². The predicted molar refractivity (Wildman–Crippen MR) is 240 cm³/mol. The first kappa shape index (κ1) is 34.1. The number of anilines is 3. The van der Waals surface area contributed by atoms with Gasteiger partial charge < -0.3 is 4.90 Å². The van der Waals surface area contributed by atoms with Gasteiger partial charge in [0, 0.05) is 22.4 Å². The summed E-state index contributed by atoms with van der Waals surface area (Å²) in [5.74, 6) is 0. The van der Waals surface area contributed by atoms with E-state index in [0.29, 0.717) is 0 Å². The summed E-state index contributed by atoms with van der Waals surface area (Å²) in [5, 5.41) is 0. The normalized spacial score (nSPS) is 17.8. The van der Waals surface area contributed by atoms with E-state index in [4.69, 9.17) is 0 Å². The van der Waals surface area contributed by atoms with Crippen molar-refractivity contribution in [3.05, 3.63) is 214 Å². The van der Waals surface area contributed by atoms with Crippen molar-refractivity contribution in [1.82, 2.24) is 0 Å². The van der Waals surface area contributed by atoms with E-state index in [2.05, 4.69) is 209 Å². The third-order valence-electron chi connectivity index (χ3n) is 13.5. The van der Waals surface area contributed by atoms with Crippen molar-refractivity contribution in [2.24, 2.45) is 0 Å². The maximum absolute atomic E-state index is 2.57. The molecular formula is C56H47N. The van der Waals surface area contributed by atoms with Gasteiger partial charge in [-0.25, -0.2) is 0 Å². The van der Waals surface area contributed by atoms with Crippen LogP contribution in [-0.4, -0.2) is 0 Å². The van der Waals surface area contributed by atoms with E-state index in [9.17, 15) is 0 Å². The molecule has 0 radical (unpaired) electrons. The average Bonchev–Trinajstić information content (AvgIpc) is 3.79. The molecule has 4 aliphatic rings. The Morgan fingerprint density at radius 1 is 0.491 bits per heavy atom. The minimum Gasteiger partial charge on any atom is -0.310 e. The van der Waals surface area contributed by atoms with Gasteiger partial charge in [-0.05, 0) is 126 Å². The van der Waals surface area contributed by atoms with Crippen molar-refractivity contribution in [3.63, 3.8) is 0 Å². The van der Waals surface area contributed by atoms with Crippen molar-refractivity contribution in [2.75, 3.05) is 4.90 Å². The monoisotopic (exact) mass is 733 g/mol. The fourth-order valence-electron chi connectivity index (χ4n) is 10.8. The van der Waals surface area contributed by atoms with Crippen LogP contribution in [0.25, 0.3) is 39.0 Å². The molecule has 0 N–H and O–H groups in total. The molecule has 11 rings (SSSR count). The van der Waals surface area contributed by atoms with Crippen molar-refractivity contribution >= 4 is 22.6 Å². The number of rotatable bonds is 4. The largest absolute Gasteiger partial charge is 0.310 e. The van der Waals surface area contributed by atoms with Gasteiger partial charge in [-0.2, -0.15) is 0 Å². The Morgan fingerprint density at radius 3 is 1.74 bits per heavy atom. The maximum atomic E-state index is 2.57. The number of fused-ring (bicyclic) bond motifs is 12. The van der Waals surface area contributed by atoms with E-state index < -0.39 is 0 Å². The van der Waals surface area contributed by atoms with E-state index in [1.54, 1.807) is 0 Å². The molecule has 1 heteroatoms. The van der Waals surface area contributed by atoms with Crippen LogP contribution in [0, 0.1) is 0 Å². The molecule has 0 saturated carbocycles. The van der Waals surface area contributed by atoms with Crippen LogP contribution in [0.15, 0.2) is 175 Å². The quantitative estimate of drug-likeness (QED) is 0.174. The first-order chi connectivity index (χ1) is 27.7. The first-order valence-electron chi connectivity index (χ1n) is 20.7. The lowest BCUT2D eigenvalue weighted by Crippen LogP contribution is -2.28. The summed E-state index contributed by atoms with van der Waals surface area (Å²) in [4.78, 5) is 2.57. The molecule has 0 saturated heterocycles. The molecule has 0 amide bonds. The average molecular weight is 734 g/mol. The molecule has 1 atom stereocenters. The third kappa shape index (κ3) is 4.75. The van der Waals surface area contributed by atoms with Gasteiger partial charge in [0.25, 0.3) is 0 Å². The molecule has 4 aliphatic carbocycles. The van der Waals surface area contributed by atoms with Gasteiger partial charge >= 0.3 is 0 Å². The van der Waals surface area contributed by atoms with Crippen LogP contribution in [0.5, 0.6) is 0 Å². The Kier molecular flexibility index (Phi) is 7.27. The van der Waals surface area contributed by atoms with Crippen molar-refractivity contribution in [2.45, 2.75) is 63.7 Å². The second-order valence-electron chi connectivity index (χ2n) is 18.0. The Morgan fingerprint density at radius 2 is 1.04 bits per heavy atom. The Hall–Kier alpha value is -6.18. The van der Waals surface area contributed by atoms with Crippen LogP contribution in [-0.2, 0) is 16.2 Å². The minimum absolute atomic E-state index is 0.0359. The molecular weight excluding hydrogens is 687 g/mol. The molecule has 7 aromatic rings. The molecule has 1 nitrogen and oxygen atoms in total. The highest BCUT2D eigenvalue weighted by Crippen LogP contribution is 2.64. The van der Waals surface area contributed by atoms with Gasteiger partial charge in [0.2, 0.25) is 0 Å². The smallest absolute Gasteiger partial charge is 0.0689 e. The highest BCUT2D eigenvalue weighted by Gasteiger charge is 2.52. The molecule has 0 heterocycles. The number of benzene rings is 7. The zero-order valence-electron chi connectivity index (χ0n) is 33.5.